The van der Waals surface area contributed by atoms with E-state index in [4.69, 9.17) is 19.4 Å². The first-order chi connectivity index (χ1) is 15.7. The molecule has 0 spiro atoms. The molecule has 0 bridgehead atoms. The molecule has 9 nitrogen and oxygen atoms in total. The van der Waals surface area contributed by atoms with Gasteiger partial charge in [0, 0.05) is 64.3 Å². The van der Waals surface area contributed by atoms with Crippen molar-refractivity contribution in [3.8, 4) is 11.5 Å². The SMILES string of the molecule is CN(C)c1cc(Nc2ccc3c(c2)OCO3)nc(N2CCCN(c3ccccn3)CC2)n1. The lowest BCUT2D eigenvalue weighted by molar-refractivity contribution is 0.174. The fraction of sp³-hybridized carbons (Fsp3) is 0.348. The lowest BCUT2D eigenvalue weighted by Crippen LogP contribution is -2.32. The quantitative estimate of drug-likeness (QED) is 0.653. The van der Waals surface area contributed by atoms with E-state index >= 15 is 0 Å². The summed E-state index contributed by atoms with van der Waals surface area (Å²) >= 11 is 0. The zero-order valence-corrected chi connectivity index (χ0v) is 18.4. The second kappa shape index (κ2) is 8.78. The number of anilines is 5. The number of pyridine rings is 1. The summed E-state index contributed by atoms with van der Waals surface area (Å²) in [7, 11) is 3.98. The summed E-state index contributed by atoms with van der Waals surface area (Å²) in [5.41, 5.74) is 0.890. The molecular weight excluding hydrogens is 406 g/mol. The molecule has 0 amide bonds. The van der Waals surface area contributed by atoms with Crippen LogP contribution in [0.4, 0.5) is 29.1 Å². The van der Waals surface area contributed by atoms with Crippen molar-refractivity contribution >= 4 is 29.1 Å². The van der Waals surface area contributed by atoms with Gasteiger partial charge >= 0.3 is 0 Å². The normalized spacial score (nSPS) is 15.4. The summed E-state index contributed by atoms with van der Waals surface area (Å²) < 4.78 is 10.9. The van der Waals surface area contributed by atoms with E-state index in [1.165, 1.54) is 0 Å². The summed E-state index contributed by atoms with van der Waals surface area (Å²) in [5, 5.41) is 3.40. The van der Waals surface area contributed by atoms with Gasteiger partial charge in [0.05, 0.1) is 0 Å². The van der Waals surface area contributed by atoms with Crippen LogP contribution in [-0.4, -0.2) is 62.0 Å². The van der Waals surface area contributed by atoms with Crippen molar-refractivity contribution in [2.45, 2.75) is 6.42 Å². The first kappa shape index (κ1) is 20.2. The summed E-state index contributed by atoms with van der Waals surface area (Å²) in [4.78, 5) is 20.7. The van der Waals surface area contributed by atoms with E-state index in [2.05, 4.69) is 26.2 Å². The van der Waals surface area contributed by atoms with Crippen molar-refractivity contribution in [3.63, 3.8) is 0 Å². The van der Waals surface area contributed by atoms with E-state index < -0.39 is 0 Å². The molecule has 3 aromatic rings. The Kier molecular flexibility index (Phi) is 5.53. The smallest absolute Gasteiger partial charge is 0.231 e. The molecule has 166 valence electrons. The summed E-state index contributed by atoms with van der Waals surface area (Å²) in [6.45, 7) is 3.81. The van der Waals surface area contributed by atoms with Gasteiger partial charge in [-0.25, -0.2) is 4.98 Å². The highest BCUT2D eigenvalue weighted by Gasteiger charge is 2.20. The Hall–Kier alpha value is -3.75. The number of rotatable bonds is 5. The van der Waals surface area contributed by atoms with Crippen LogP contribution in [0.2, 0.25) is 0 Å². The molecule has 1 fully saturated rings. The van der Waals surface area contributed by atoms with E-state index in [0.29, 0.717) is 0 Å². The maximum absolute atomic E-state index is 5.50. The lowest BCUT2D eigenvalue weighted by atomic mass is 10.3. The molecule has 0 aliphatic carbocycles. The number of aromatic nitrogens is 3. The van der Waals surface area contributed by atoms with Crippen molar-refractivity contribution in [2.24, 2.45) is 0 Å². The Morgan fingerprint density at radius 3 is 2.59 bits per heavy atom. The highest BCUT2D eigenvalue weighted by Crippen LogP contribution is 2.35. The molecule has 2 aromatic heterocycles. The van der Waals surface area contributed by atoms with Gasteiger partial charge in [-0.2, -0.15) is 9.97 Å². The van der Waals surface area contributed by atoms with Crippen LogP contribution in [0, 0.1) is 0 Å². The second-order valence-corrected chi connectivity index (χ2v) is 8.01. The van der Waals surface area contributed by atoms with Gasteiger partial charge in [0.15, 0.2) is 11.5 Å². The average Bonchev–Trinajstić information content (AvgIpc) is 3.13. The zero-order chi connectivity index (χ0) is 21.9. The molecule has 0 unspecified atom stereocenters. The molecule has 0 saturated carbocycles. The van der Waals surface area contributed by atoms with Gasteiger partial charge in [0.2, 0.25) is 12.7 Å². The third kappa shape index (κ3) is 4.32. The molecule has 5 rings (SSSR count). The monoisotopic (exact) mass is 433 g/mol. The van der Waals surface area contributed by atoms with Crippen LogP contribution in [0.15, 0.2) is 48.7 Å². The number of nitrogens with one attached hydrogen (secondary N) is 1. The molecule has 32 heavy (non-hydrogen) atoms. The Bertz CT molecular complexity index is 1080. The van der Waals surface area contributed by atoms with Crippen LogP contribution >= 0.6 is 0 Å². The predicted octanol–water partition coefficient (Wildman–Crippen LogP) is 3.13. The first-order valence-corrected chi connectivity index (χ1v) is 10.8. The average molecular weight is 434 g/mol. The van der Waals surface area contributed by atoms with Crippen molar-refractivity contribution in [2.75, 3.05) is 67.1 Å². The number of hydrogen-bond donors (Lipinski definition) is 1. The fourth-order valence-electron chi connectivity index (χ4n) is 3.87. The fourth-order valence-corrected chi connectivity index (χ4v) is 3.87. The van der Waals surface area contributed by atoms with Crippen molar-refractivity contribution in [1.29, 1.82) is 0 Å². The summed E-state index contributed by atoms with van der Waals surface area (Å²) in [6.07, 6.45) is 2.85. The number of hydrogen-bond acceptors (Lipinski definition) is 9. The standard InChI is InChI=1S/C23H27N7O2/c1-28(2)22-15-20(25-17-7-8-18-19(14-17)32-16-31-18)26-23(27-22)30-11-5-10-29(12-13-30)21-6-3-4-9-24-21/h3-4,6-9,14-15H,5,10-13,16H2,1-2H3,(H,25,26,27). The van der Waals surface area contributed by atoms with E-state index in [1.807, 2.05) is 61.6 Å². The molecule has 4 heterocycles. The lowest BCUT2D eigenvalue weighted by Gasteiger charge is -2.24. The maximum Gasteiger partial charge on any atom is 0.231 e. The van der Waals surface area contributed by atoms with Crippen molar-refractivity contribution < 1.29 is 9.47 Å². The van der Waals surface area contributed by atoms with Crippen LogP contribution in [-0.2, 0) is 0 Å². The molecule has 1 N–H and O–H groups in total. The Balaban J connectivity index is 1.37. The summed E-state index contributed by atoms with van der Waals surface area (Å²) in [5.74, 6) is 4.83. The highest BCUT2D eigenvalue weighted by atomic mass is 16.7. The van der Waals surface area contributed by atoms with E-state index in [9.17, 15) is 0 Å². The van der Waals surface area contributed by atoms with Crippen LogP contribution in [0.1, 0.15) is 6.42 Å². The molecular formula is C23H27N7O2. The predicted molar refractivity (Wildman–Crippen MR) is 125 cm³/mol. The largest absolute Gasteiger partial charge is 0.454 e. The Morgan fingerprint density at radius 1 is 0.906 bits per heavy atom. The molecule has 0 radical (unpaired) electrons. The maximum atomic E-state index is 5.50. The van der Waals surface area contributed by atoms with Gasteiger partial charge in [-0.05, 0) is 30.7 Å². The van der Waals surface area contributed by atoms with E-state index in [0.717, 1.165) is 73.2 Å². The van der Waals surface area contributed by atoms with Crippen LogP contribution < -0.4 is 29.5 Å². The number of ether oxygens (including phenoxy) is 2. The molecule has 0 atom stereocenters. The molecule has 1 saturated heterocycles. The van der Waals surface area contributed by atoms with Gasteiger partial charge < -0.3 is 29.5 Å². The van der Waals surface area contributed by atoms with Crippen molar-refractivity contribution in [3.05, 3.63) is 48.7 Å². The number of nitrogens with zero attached hydrogens (tertiary/aromatic N) is 6. The first-order valence-electron chi connectivity index (χ1n) is 10.8. The third-order valence-electron chi connectivity index (χ3n) is 5.56. The minimum Gasteiger partial charge on any atom is -0.454 e. The van der Waals surface area contributed by atoms with Gasteiger partial charge in [-0.3, -0.25) is 0 Å². The minimum absolute atomic E-state index is 0.256. The third-order valence-corrected chi connectivity index (χ3v) is 5.56. The summed E-state index contributed by atoms with van der Waals surface area (Å²) in [6, 6.07) is 13.8. The molecule has 2 aliphatic rings. The number of fused-ring (bicyclic) bond motifs is 1. The second-order valence-electron chi connectivity index (χ2n) is 8.01. The highest BCUT2D eigenvalue weighted by molar-refractivity contribution is 5.65. The van der Waals surface area contributed by atoms with Gasteiger partial charge in [0.1, 0.15) is 17.5 Å². The van der Waals surface area contributed by atoms with Crippen molar-refractivity contribution in [1.82, 2.24) is 15.0 Å². The topological polar surface area (TPSA) is 78.9 Å². The van der Waals surface area contributed by atoms with Crippen LogP contribution in [0.5, 0.6) is 11.5 Å². The minimum atomic E-state index is 0.256. The Labute approximate surface area is 187 Å². The van der Waals surface area contributed by atoms with Gasteiger partial charge in [-0.1, -0.05) is 6.07 Å². The van der Waals surface area contributed by atoms with E-state index in [-0.39, 0.29) is 6.79 Å². The molecule has 2 aliphatic heterocycles. The number of benzene rings is 1. The molecule has 9 heteroatoms. The van der Waals surface area contributed by atoms with Crippen LogP contribution in [0.3, 0.4) is 0 Å². The Morgan fingerprint density at radius 2 is 1.75 bits per heavy atom. The zero-order valence-electron chi connectivity index (χ0n) is 18.4. The van der Waals surface area contributed by atoms with Gasteiger partial charge in [0.25, 0.3) is 0 Å². The van der Waals surface area contributed by atoms with Crippen LogP contribution in [0.25, 0.3) is 0 Å². The molecule has 1 aromatic carbocycles. The van der Waals surface area contributed by atoms with E-state index in [1.54, 1.807) is 0 Å². The van der Waals surface area contributed by atoms with Gasteiger partial charge in [-0.15, -0.1) is 0 Å².